The Morgan fingerprint density at radius 1 is 0.520 bits per heavy atom. The third-order valence-corrected chi connectivity index (χ3v) is 4.93. The van der Waals surface area contributed by atoms with Crippen LogP contribution in [0, 0.1) is 0 Å². The van der Waals surface area contributed by atoms with E-state index in [-0.39, 0.29) is 0 Å². The summed E-state index contributed by atoms with van der Waals surface area (Å²) in [6.07, 6.45) is 2.17. The first-order valence-electron chi connectivity index (χ1n) is 9.07. The molecule has 2 heteroatoms. The lowest BCUT2D eigenvalue weighted by Crippen LogP contribution is -2.33. The number of nitrogens with zero attached hydrogens (tertiary/aromatic N) is 2. The van der Waals surface area contributed by atoms with Crippen LogP contribution in [0.15, 0.2) is 84.9 Å². The molecule has 25 heavy (non-hydrogen) atoms. The second-order valence-corrected chi connectivity index (χ2v) is 6.63. The highest BCUT2D eigenvalue weighted by Gasteiger charge is 2.24. The van der Waals surface area contributed by atoms with E-state index in [1.165, 1.54) is 22.5 Å². The summed E-state index contributed by atoms with van der Waals surface area (Å²) < 4.78 is 0. The topological polar surface area (TPSA) is 6.48 Å². The van der Waals surface area contributed by atoms with Crippen molar-refractivity contribution in [3.63, 3.8) is 0 Å². The van der Waals surface area contributed by atoms with Gasteiger partial charge < -0.3 is 9.80 Å². The van der Waals surface area contributed by atoms with Gasteiger partial charge in [-0.2, -0.15) is 0 Å². The minimum Gasteiger partial charge on any atom is -0.352 e. The van der Waals surface area contributed by atoms with Crippen molar-refractivity contribution in [3.05, 3.63) is 96.1 Å². The number of anilines is 2. The molecule has 0 spiro atoms. The molecule has 0 bridgehead atoms. The van der Waals surface area contributed by atoms with E-state index in [1.807, 2.05) is 0 Å². The molecule has 1 aliphatic heterocycles. The smallest absolute Gasteiger partial charge is 0.0904 e. The first kappa shape index (κ1) is 15.8. The lowest BCUT2D eigenvalue weighted by atomic mass is 10.1. The van der Waals surface area contributed by atoms with Gasteiger partial charge in [0.05, 0.1) is 18.0 Å². The summed E-state index contributed by atoms with van der Waals surface area (Å²) in [6.45, 7) is 3.10. The fourth-order valence-electron chi connectivity index (χ4n) is 3.56. The molecule has 0 saturated carbocycles. The highest BCUT2D eigenvalue weighted by molar-refractivity contribution is 5.76. The highest BCUT2D eigenvalue weighted by atomic mass is 15.4. The molecular weight excluding hydrogens is 304 g/mol. The van der Waals surface area contributed by atoms with Crippen molar-refractivity contribution in [2.24, 2.45) is 0 Å². The van der Waals surface area contributed by atoms with Crippen LogP contribution >= 0.6 is 0 Å². The van der Waals surface area contributed by atoms with E-state index in [9.17, 15) is 0 Å². The van der Waals surface area contributed by atoms with Crippen molar-refractivity contribution >= 4 is 11.4 Å². The molecule has 3 aromatic rings. The molecule has 1 heterocycles. The zero-order chi connectivity index (χ0) is 16.9. The number of benzene rings is 3. The van der Waals surface area contributed by atoms with Crippen LogP contribution in [0.2, 0.25) is 0 Å². The molecule has 2 nitrogen and oxygen atoms in total. The van der Waals surface area contributed by atoms with Gasteiger partial charge in [0, 0.05) is 13.1 Å². The first-order valence-corrected chi connectivity index (χ1v) is 9.07. The third-order valence-electron chi connectivity index (χ3n) is 4.93. The summed E-state index contributed by atoms with van der Waals surface area (Å²) in [5.41, 5.74) is 5.54. The van der Waals surface area contributed by atoms with Crippen molar-refractivity contribution in [1.29, 1.82) is 0 Å². The highest BCUT2D eigenvalue weighted by Crippen LogP contribution is 2.35. The molecule has 0 N–H and O–H groups in total. The van der Waals surface area contributed by atoms with Gasteiger partial charge in [-0.25, -0.2) is 0 Å². The fourth-order valence-corrected chi connectivity index (χ4v) is 3.56. The summed E-state index contributed by atoms with van der Waals surface area (Å²) in [4.78, 5) is 5.01. The maximum Gasteiger partial charge on any atom is 0.0904 e. The van der Waals surface area contributed by atoms with Crippen LogP contribution in [-0.4, -0.2) is 19.8 Å². The SMILES string of the molecule is c1ccc(CCN2CN(CCc3ccccc3)c3ccccc32)cc1. The first-order chi connectivity index (χ1) is 12.4. The predicted octanol–water partition coefficient (Wildman–Crippen LogP) is 4.76. The van der Waals surface area contributed by atoms with Crippen molar-refractivity contribution in [1.82, 2.24) is 0 Å². The molecule has 0 amide bonds. The lowest BCUT2D eigenvalue weighted by Gasteiger charge is -2.22. The van der Waals surface area contributed by atoms with Crippen LogP contribution in [0.25, 0.3) is 0 Å². The Labute approximate surface area is 150 Å². The van der Waals surface area contributed by atoms with Gasteiger partial charge in [0.1, 0.15) is 0 Å². The zero-order valence-electron chi connectivity index (χ0n) is 14.5. The molecule has 4 rings (SSSR count). The standard InChI is InChI=1S/C23H24N2/c1-3-9-20(10-4-1)15-17-24-19-25(23-14-8-7-13-22(23)24)18-16-21-11-5-2-6-12-21/h1-14H,15-19H2. The predicted molar refractivity (Wildman–Crippen MR) is 106 cm³/mol. The molecule has 0 aliphatic carbocycles. The lowest BCUT2D eigenvalue weighted by molar-refractivity contribution is 0.748. The number of hydrogen-bond donors (Lipinski definition) is 0. The second kappa shape index (κ2) is 7.43. The van der Waals surface area contributed by atoms with Gasteiger partial charge in [-0.3, -0.25) is 0 Å². The van der Waals surface area contributed by atoms with Crippen molar-refractivity contribution < 1.29 is 0 Å². The monoisotopic (exact) mass is 328 g/mol. The molecule has 0 saturated heterocycles. The fraction of sp³-hybridized carbons (Fsp3) is 0.217. The molecule has 0 aromatic heterocycles. The van der Waals surface area contributed by atoms with Gasteiger partial charge in [-0.1, -0.05) is 72.8 Å². The van der Waals surface area contributed by atoms with Crippen LogP contribution in [0.5, 0.6) is 0 Å². The Hall–Kier alpha value is -2.74. The van der Waals surface area contributed by atoms with Gasteiger partial charge >= 0.3 is 0 Å². The van der Waals surface area contributed by atoms with E-state index in [0.717, 1.165) is 32.6 Å². The Balaban J connectivity index is 1.44. The molecule has 0 fully saturated rings. The van der Waals surface area contributed by atoms with E-state index < -0.39 is 0 Å². The number of hydrogen-bond acceptors (Lipinski definition) is 2. The molecule has 0 radical (unpaired) electrons. The van der Waals surface area contributed by atoms with Crippen LogP contribution < -0.4 is 9.80 Å². The Morgan fingerprint density at radius 2 is 0.920 bits per heavy atom. The van der Waals surface area contributed by atoms with Crippen LogP contribution in [-0.2, 0) is 12.8 Å². The molecular formula is C23H24N2. The van der Waals surface area contributed by atoms with E-state index >= 15 is 0 Å². The average Bonchev–Trinajstić information content (AvgIpc) is 3.04. The molecule has 3 aromatic carbocycles. The Morgan fingerprint density at radius 3 is 1.36 bits per heavy atom. The van der Waals surface area contributed by atoms with Crippen LogP contribution in [0.1, 0.15) is 11.1 Å². The van der Waals surface area contributed by atoms with Crippen molar-refractivity contribution in [2.45, 2.75) is 12.8 Å². The minimum atomic E-state index is 0.985. The normalized spacial score (nSPS) is 13.1. The second-order valence-electron chi connectivity index (χ2n) is 6.63. The summed E-state index contributed by atoms with van der Waals surface area (Å²) in [5.74, 6) is 0. The third kappa shape index (κ3) is 3.69. The van der Waals surface area contributed by atoms with Crippen LogP contribution in [0.4, 0.5) is 11.4 Å². The number of para-hydroxylation sites is 2. The maximum atomic E-state index is 2.51. The average molecular weight is 328 g/mol. The van der Waals surface area contributed by atoms with E-state index in [2.05, 4.69) is 94.7 Å². The van der Waals surface area contributed by atoms with E-state index in [0.29, 0.717) is 0 Å². The van der Waals surface area contributed by atoms with Gasteiger partial charge in [-0.05, 0) is 36.1 Å². The summed E-state index contributed by atoms with van der Waals surface area (Å²) in [7, 11) is 0. The van der Waals surface area contributed by atoms with Crippen LogP contribution in [0.3, 0.4) is 0 Å². The van der Waals surface area contributed by atoms with Gasteiger partial charge in [0.25, 0.3) is 0 Å². The largest absolute Gasteiger partial charge is 0.352 e. The zero-order valence-corrected chi connectivity index (χ0v) is 14.5. The Kier molecular flexibility index (Phi) is 4.69. The van der Waals surface area contributed by atoms with Gasteiger partial charge in [0.15, 0.2) is 0 Å². The number of fused-ring (bicyclic) bond motifs is 1. The van der Waals surface area contributed by atoms with Crippen molar-refractivity contribution in [3.8, 4) is 0 Å². The molecule has 126 valence electrons. The van der Waals surface area contributed by atoms with E-state index in [1.54, 1.807) is 0 Å². The summed E-state index contributed by atoms with van der Waals surface area (Å²) >= 11 is 0. The molecule has 0 atom stereocenters. The minimum absolute atomic E-state index is 0.985. The molecule has 0 unspecified atom stereocenters. The number of rotatable bonds is 6. The quantitative estimate of drug-likeness (QED) is 0.644. The van der Waals surface area contributed by atoms with E-state index in [4.69, 9.17) is 0 Å². The van der Waals surface area contributed by atoms with Gasteiger partial charge in [-0.15, -0.1) is 0 Å². The summed E-state index contributed by atoms with van der Waals surface area (Å²) in [6, 6.07) is 30.3. The molecule has 1 aliphatic rings. The van der Waals surface area contributed by atoms with Crippen molar-refractivity contribution in [2.75, 3.05) is 29.6 Å². The Bertz CT molecular complexity index is 730. The summed E-state index contributed by atoms with van der Waals surface area (Å²) in [5, 5.41) is 0. The maximum absolute atomic E-state index is 2.51. The van der Waals surface area contributed by atoms with Gasteiger partial charge in [0.2, 0.25) is 0 Å².